The molecule has 0 fully saturated rings. The molecule has 0 saturated carbocycles. The van der Waals surface area contributed by atoms with Gasteiger partial charge in [-0.25, -0.2) is 13.4 Å². The molecule has 6 nitrogen and oxygen atoms in total. The van der Waals surface area contributed by atoms with Crippen LogP contribution in [0.25, 0.3) is 10.2 Å². The molecule has 0 aliphatic carbocycles. The van der Waals surface area contributed by atoms with Crippen molar-refractivity contribution in [3.05, 3.63) is 52.0 Å². The zero-order valence-electron chi connectivity index (χ0n) is 15.4. The minimum absolute atomic E-state index is 0.0310. The number of sulfonamides is 1. The summed E-state index contributed by atoms with van der Waals surface area (Å²) >= 11 is 7.45. The Morgan fingerprint density at radius 2 is 2.07 bits per heavy atom. The molecule has 3 rings (SSSR count). The average Bonchev–Trinajstić information content (AvgIpc) is 3.02. The largest absolute Gasteiger partial charge is 0.481 e. The van der Waals surface area contributed by atoms with E-state index in [0.29, 0.717) is 29.1 Å². The van der Waals surface area contributed by atoms with E-state index in [1.807, 2.05) is 6.92 Å². The molecule has 3 aromatic rings. The Labute approximate surface area is 177 Å². The number of fused-ring (bicyclic) bond motifs is 1. The van der Waals surface area contributed by atoms with Gasteiger partial charge in [0.2, 0.25) is 0 Å². The van der Waals surface area contributed by atoms with Crippen LogP contribution in [0.5, 0.6) is 0 Å². The fourth-order valence-corrected chi connectivity index (χ4v) is 4.80. The monoisotopic (exact) mass is 448 g/mol. The standard InChI is InChI=1S/C20H17ClN2O4S2/c1-13-22-18-10-8-16(12-19(18)28-13)29(26,27)23-17-9-7-15(21)11-14(17)5-3-2-4-6-20(24)25/h7-12,23H,2,4,6H2,1H3,(H,24,25). The first-order valence-corrected chi connectivity index (χ1v) is 11.3. The maximum atomic E-state index is 12.9. The zero-order chi connectivity index (χ0) is 21.0. The number of benzene rings is 2. The molecular formula is C20H17ClN2O4S2. The number of carboxylic acids is 1. The number of aromatic nitrogens is 1. The molecule has 0 aliphatic heterocycles. The van der Waals surface area contributed by atoms with E-state index in [1.54, 1.807) is 30.3 Å². The van der Waals surface area contributed by atoms with Gasteiger partial charge in [-0.2, -0.15) is 0 Å². The lowest BCUT2D eigenvalue weighted by Crippen LogP contribution is -2.13. The van der Waals surface area contributed by atoms with Gasteiger partial charge in [-0.1, -0.05) is 23.4 Å². The van der Waals surface area contributed by atoms with Gasteiger partial charge >= 0.3 is 5.97 Å². The summed E-state index contributed by atoms with van der Waals surface area (Å²) in [6.45, 7) is 1.87. The fraction of sp³-hybridized carbons (Fsp3) is 0.200. The number of nitrogens with one attached hydrogen (secondary N) is 1. The van der Waals surface area contributed by atoms with Crippen molar-refractivity contribution in [1.82, 2.24) is 4.98 Å². The Hall–Kier alpha value is -2.60. The third kappa shape index (κ3) is 5.48. The van der Waals surface area contributed by atoms with Gasteiger partial charge in [0.25, 0.3) is 10.0 Å². The van der Waals surface area contributed by atoms with Gasteiger partial charge < -0.3 is 5.11 Å². The van der Waals surface area contributed by atoms with E-state index < -0.39 is 16.0 Å². The molecule has 0 amide bonds. The van der Waals surface area contributed by atoms with Crippen LogP contribution in [0.2, 0.25) is 5.02 Å². The second-order valence-electron chi connectivity index (χ2n) is 6.21. The molecule has 0 atom stereocenters. The van der Waals surface area contributed by atoms with Crippen molar-refractivity contribution in [1.29, 1.82) is 0 Å². The number of hydrogen-bond donors (Lipinski definition) is 2. The summed E-state index contributed by atoms with van der Waals surface area (Å²) in [5.74, 6) is 4.86. The molecule has 1 heterocycles. The molecule has 0 bridgehead atoms. The fourth-order valence-electron chi connectivity index (χ4n) is 2.59. The van der Waals surface area contributed by atoms with Crippen LogP contribution in [0.1, 0.15) is 29.8 Å². The number of anilines is 1. The van der Waals surface area contributed by atoms with Crippen molar-refractivity contribution < 1.29 is 18.3 Å². The number of aliphatic carboxylic acids is 1. The van der Waals surface area contributed by atoms with Crippen molar-refractivity contribution >= 4 is 54.8 Å². The van der Waals surface area contributed by atoms with Crippen LogP contribution in [0, 0.1) is 18.8 Å². The average molecular weight is 449 g/mol. The molecule has 9 heteroatoms. The molecule has 0 spiro atoms. The first-order chi connectivity index (χ1) is 13.7. The van der Waals surface area contributed by atoms with Crippen molar-refractivity contribution in [3.63, 3.8) is 0 Å². The van der Waals surface area contributed by atoms with E-state index in [1.165, 1.54) is 17.4 Å². The lowest BCUT2D eigenvalue weighted by molar-refractivity contribution is -0.137. The lowest BCUT2D eigenvalue weighted by atomic mass is 10.1. The second-order valence-corrected chi connectivity index (χ2v) is 9.56. The number of nitrogens with zero attached hydrogens (tertiary/aromatic N) is 1. The third-order valence-corrected chi connectivity index (χ3v) is 6.45. The Morgan fingerprint density at radius 3 is 2.83 bits per heavy atom. The predicted octanol–water partition coefficient (Wildman–Crippen LogP) is 4.67. The van der Waals surface area contributed by atoms with Gasteiger partial charge in [0.15, 0.2) is 0 Å². The number of carbonyl (C=O) groups is 1. The first-order valence-electron chi connectivity index (χ1n) is 8.65. The summed E-state index contributed by atoms with van der Waals surface area (Å²) in [5, 5.41) is 9.95. The summed E-state index contributed by atoms with van der Waals surface area (Å²) in [5.41, 5.74) is 1.48. The molecule has 0 radical (unpaired) electrons. The van der Waals surface area contributed by atoms with Gasteiger partial charge in [0.1, 0.15) is 0 Å². The van der Waals surface area contributed by atoms with Crippen LogP contribution in [-0.2, 0) is 14.8 Å². The van der Waals surface area contributed by atoms with Crippen LogP contribution in [-0.4, -0.2) is 24.5 Å². The van der Waals surface area contributed by atoms with Gasteiger partial charge in [0, 0.05) is 17.9 Å². The lowest BCUT2D eigenvalue weighted by Gasteiger charge is -2.10. The third-order valence-electron chi connectivity index (χ3n) is 3.92. The molecular weight excluding hydrogens is 432 g/mol. The van der Waals surface area contributed by atoms with Crippen molar-refractivity contribution in [2.45, 2.75) is 31.1 Å². The van der Waals surface area contributed by atoms with Crippen LogP contribution in [0.15, 0.2) is 41.3 Å². The summed E-state index contributed by atoms with van der Waals surface area (Å²) < 4.78 is 29.1. The SMILES string of the molecule is Cc1nc2ccc(S(=O)(=O)Nc3ccc(Cl)cc3C#CCCCC(=O)O)cc2s1. The highest BCUT2D eigenvalue weighted by atomic mass is 35.5. The van der Waals surface area contributed by atoms with Gasteiger partial charge in [0.05, 0.1) is 31.4 Å². The van der Waals surface area contributed by atoms with Crippen LogP contribution >= 0.6 is 22.9 Å². The Balaban J connectivity index is 1.86. The van der Waals surface area contributed by atoms with E-state index in [0.717, 1.165) is 15.2 Å². The molecule has 2 N–H and O–H groups in total. The van der Waals surface area contributed by atoms with E-state index in [-0.39, 0.29) is 11.3 Å². The number of aryl methyl sites for hydroxylation is 1. The van der Waals surface area contributed by atoms with E-state index in [2.05, 4.69) is 21.5 Å². The van der Waals surface area contributed by atoms with Gasteiger partial charge in [-0.15, -0.1) is 11.3 Å². The van der Waals surface area contributed by atoms with Crippen LogP contribution in [0.3, 0.4) is 0 Å². The number of thiazole rings is 1. The second kappa shape index (κ2) is 8.82. The minimum Gasteiger partial charge on any atom is -0.481 e. The summed E-state index contributed by atoms with van der Waals surface area (Å²) in [7, 11) is -3.84. The maximum absolute atomic E-state index is 12.9. The number of hydrogen-bond acceptors (Lipinski definition) is 5. The molecule has 0 aliphatic rings. The van der Waals surface area contributed by atoms with Gasteiger partial charge in [-0.05, 0) is 49.7 Å². The topological polar surface area (TPSA) is 96.4 Å². The van der Waals surface area contributed by atoms with Crippen LogP contribution in [0.4, 0.5) is 5.69 Å². The van der Waals surface area contributed by atoms with Crippen LogP contribution < -0.4 is 4.72 Å². The highest BCUT2D eigenvalue weighted by Crippen LogP contribution is 2.27. The predicted molar refractivity (Wildman–Crippen MR) is 115 cm³/mol. The molecule has 150 valence electrons. The first kappa shape index (κ1) is 21.1. The Morgan fingerprint density at radius 1 is 1.28 bits per heavy atom. The highest BCUT2D eigenvalue weighted by Gasteiger charge is 2.17. The highest BCUT2D eigenvalue weighted by molar-refractivity contribution is 7.92. The molecule has 2 aromatic carbocycles. The number of rotatable bonds is 6. The Bertz CT molecular complexity index is 1240. The summed E-state index contributed by atoms with van der Waals surface area (Å²) in [4.78, 5) is 15.0. The van der Waals surface area contributed by atoms with E-state index in [4.69, 9.17) is 16.7 Å². The summed E-state index contributed by atoms with van der Waals surface area (Å²) in [6.07, 6.45) is 0.827. The van der Waals surface area contributed by atoms with E-state index in [9.17, 15) is 13.2 Å². The van der Waals surface area contributed by atoms with Crippen molar-refractivity contribution in [2.24, 2.45) is 0 Å². The normalized spacial score (nSPS) is 11.1. The van der Waals surface area contributed by atoms with Gasteiger partial charge in [-0.3, -0.25) is 9.52 Å². The number of unbranched alkanes of at least 4 members (excludes halogenated alkanes) is 1. The number of halogens is 1. The molecule has 0 unspecified atom stereocenters. The molecule has 29 heavy (non-hydrogen) atoms. The minimum atomic E-state index is -3.84. The van der Waals surface area contributed by atoms with Crippen molar-refractivity contribution in [3.8, 4) is 11.8 Å². The van der Waals surface area contributed by atoms with Crippen molar-refractivity contribution in [2.75, 3.05) is 4.72 Å². The summed E-state index contributed by atoms with van der Waals surface area (Å²) in [6, 6.07) is 9.48. The molecule has 0 saturated heterocycles. The van der Waals surface area contributed by atoms with E-state index >= 15 is 0 Å². The Kier molecular flexibility index (Phi) is 6.42. The maximum Gasteiger partial charge on any atom is 0.303 e. The molecule has 1 aromatic heterocycles. The quantitative estimate of drug-likeness (QED) is 0.422. The smallest absolute Gasteiger partial charge is 0.303 e. The zero-order valence-corrected chi connectivity index (χ0v) is 17.8. The number of carboxylic acid groups (broad SMARTS) is 1.